The molecule has 0 aliphatic rings. The minimum atomic E-state index is -1.13. The quantitative estimate of drug-likeness (QED) is 0.908. The van der Waals surface area contributed by atoms with Crippen molar-refractivity contribution < 1.29 is 19.1 Å². The van der Waals surface area contributed by atoms with E-state index in [2.05, 4.69) is 5.32 Å². The summed E-state index contributed by atoms with van der Waals surface area (Å²) in [5.74, 6) is -1.08. The molecule has 0 aliphatic carbocycles. The number of hydrogen-bond acceptors (Lipinski definition) is 3. The molecule has 2 N–H and O–H groups in total. The predicted octanol–water partition coefficient (Wildman–Crippen LogP) is 3.21. The van der Waals surface area contributed by atoms with E-state index in [9.17, 15) is 9.59 Å². The predicted molar refractivity (Wildman–Crippen MR) is 82.0 cm³/mol. The molecule has 0 radical (unpaired) electrons. The maximum absolute atomic E-state index is 12.4. The van der Waals surface area contributed by atoms with Crippen LogP contribution in [0.4, 0.5) is 0 Å². The van der Waals surface area contributed by atoms with Crippen molar-refractivity contribution in [3.05, 3.63) is 59.0 Å². The zero-order valence-electron chi connectivity index (χ0n) is 12.8. The van der Waals surface area contributed by atoms with E-state index in [0.29, 0.717) is 11.3 Å². The van der Waals surface area contributed by atoms with Gasteiger partial charge < -0.3 is 14.8 Å². The van der Waals surface area contributed by atoms with Gasteiger partial charge in [0.15, 0.2) is 0 Å². The molecule has 2 rings (SSSR count). The van der Waals surface area contributed by atoms with E-state index in [1.54, 1.807) is 12.1 Å². The van der Waals surface area contributed by atoms with E-state index in [0.717, 1.165) is 5.56 Å². The molecular weight excluding hydrogens is 282 g/mol. The first-order chi connectivity index (χ1) is 10.3. The van der Waals surface area contributed by atoms with Crippen LogP contribution in [0.2, 0.25) is 0 Å². The molecule has 0 saturated carbocycles. The summed E-state index contributed by atoms with van der Waals surface area (Å²) in [4.78, 5) is 23.1. The molecule has 0 fully saturated rings. The third-order valence-electron chi connectivity index (χ3n) is 3.28. The second kappa shape index (κ2) is 6.05. The van der Waals surface area contributed by atoms with E-state index in [4.69, 9.17) is 9.52 Å². The molecule has 0 aliphatic heterocycles. The van der Waals surface area contributed by atoms with Crippen LogP contribution in [0.1, 0.15) is 53.0 Å². The maximum atomic E-state index is 12.4. The highest BCUT2D eigenvalue weighted by Crippen LogP contribution is 2.25. The molecule has 0 bridgehead atoms. The van der Waals surface area contributed by atoms with Gasteiger partial charge in [-0.05, 0) is 29.2 Å². The van der Waals surface area contributed by atoms with Crippen molar-refractivity contribution >= 4 is 11.9 Å². The number of carboxylic acid groups (broad SMARTS) is 1. The Morgan fingerprint density at radius 2 is 1.82 bits per heavy atom. The second-order valence-electron chi connectivity index (χ2n) is 6.05. The lowest BCUT2D eigenvalue weighted by Gasteiger charge is -2.22. The summed E-state index contributed by atoms with van der Waals surface area (Å²) in [6, 6.07) is 10.3. The van der Waals surface area contributed by atoms with Gasteiger partial charge >= 0.3 is 5.97 Å². The van der Waals surface area contributed by atoms with Crippen LogP contribution < -0.4 is 5.32 Å². The number of furan rings is 1. The Kier molecular flexibility index (Phi) is 4.35. The van der Waals surface area contributed by atoms with Crippen LogP contribution in [0, 0.1) is 0 Å². The lowest BCUT2D eigenvalue weighted by atomic mass is 9.83. The fraction of sp³-hybridized carbons (Fsp3) is 0.294. The van der Waals surface area contributed by atoms with Crippen molar-refractivity contribution in [1.82, 2.24) is 5.32 Å². The average Bonchev–Trinajstić information content (AvgIpc) is 2.93. The molecule has 5 heteroatoms. The lowest BCUT2D eigenvalue weighted by molar-refractivity contribution is 0.0660. The molecule has 2 aromatic rings. The smallest absolute Gasteiger partial charge is 0.371 e. The number of carboxylic acids is 1. The van der Waals surface area contributed by atoms with Crippen molar-refractivity contribution in [1.29, 1.82) is 0 Å². The van der Waals surface area contributed by atoms with Gasteiger partial charge in [-0.1, -0.05) is 39.0 Å². The molecule has 1 aromatic carbocycles. The van der Waals surface area contributed by atoms with E-state index >= 15 is 0 Å². The van der Waals surface area contributed by atoms with Crippen molar-refractivity contribution in [3.63, 3.8) is 0 Å². The number of rotatable bonds is 4. The van der Waals surface area contributed by atoms with Crippen LogP contribution in [0.25, 0.3) is 0 Å². The van der Waals surface area contributed by atoms with E-state index in [-0.39, 0.29) is 23.6 Å². The normalized spacial score (nSPS) is 11.2. The van der Waals surface area contributed by atoms with Crippen LogP contribution in [-0.4, -0.2) is 17.0 Å². The minimum absolute atomic E-state index is 0.139. The third-order valence-corrected chi connectivity index (χ3v) is 3.28. The molecule has 5 nitrogen and oxygen atoms in total. The van der Waals surface area contributed by atoms with Crippen molar-refractivity contribution in [2.75, 3.05) is 0 Å². The number of nitrogens with one attached hydrogen (secondary N) is 1. The Balaban J connectivity index is 2.11. The molecule has 0 unspecified atom stereocenters. The van der Waals surface area contributed by atoms with Gasteiger partial charge in [0, 0.05) is 5.56 Å². The number of aromatic carboxylic acids is 1. The molecule has 0 atom stereocenters. The Morgan fingerprint density at radius 1 is 1.14 bits per heavy atom. The van der Waals surface area contributed by atoms with Gasteiger partial charge in [-0.25, -0.2) is 4.79 Å². The average molecular weight is 301 g/mol. The molecule has 1 amide bonds. The van der Waals surface area contributed by atoms with Crippen LogP contribution >= 0.6 is 0 Å². The fourth-order valence-corrected chi connectivity index (χ4v) is 2.19. The molecule has 1 aromatic heterocycles. The number of hydrogen-bond donors (Lipinski definition) is 2. The third kappa shape index (κ3) is 3.55. The topological polar surface area (TPSA) is 79.5 Å². The fourth-order valence-electron chi connectivity index (χ4n) is 2.19. The Morgan fingerprint density at radius 3 is 2.41 bits per heavy atom. The van der Waals surface area contributed by atoms with Crippen molar-refractivity contribution in [3.8, 4) is 0 Å². The molecule has 22 heavy (non-hydrogen) atoms. The minimum Gasteiger partial charge on any atom is -0.475 e. The Labute approximate surface area is 129 Å². The summed E-state index contributed by atoms with van der Waals surface area (Å²) < 4.78 is 5.11. The zero-order valence-corrected chi connectivity index (χ0v) is 12.8. The van der Waals surface area contributed by atoms with Crippen LogP contribution in [0.15, 0.2) is 40.8 Å². The number of carbonyl (C=O) groups is 2. The summed E-state index contributed by atoms with van der Waals surface area (Å²) >= 11 is 0. The van der Waals surface area contributed by atoms with E-state index in [1.165, 1.54) is 6.07 Å². The maximum Gasteiger partial charge on any atom is 0.371 e. The lowest BCUT2D eigenvalue weighted by Crippen LogP contribution is -2.26. The standard InChI is InChI=1S/C17H19NO4/c1-17(2,3)13-7-5-4-6-12(13)15(19)18-10-11-8-9-14(22-11)16(20)21/h4-9H,10H2,1-3H3,(H,18,19)(H,20,21). The second-order valence-corrected chi connectivity index (χ2v) is 6.05. The highest BCUT2D eigenvalue weighted by molar-refractivity contribution is 5.96. The van der Waals surface area contributed by atoms with Gasteiger partial charge in [-0.3, -0.25) is 4.79 Å². The van der Waals surface area contributed by atoms with Gasteiger partial charge in [-0.2, -0.15) is 0 Å². The molecular formula is C17H19NO4. The summed E-state index contributed by atoms with van der Waals surface area (Å²) in [5.41, 5.74) is 1.42. The summed E-state index contributed by atoms with van der Waals surface area (Å²) in [7, 11) is 0. The van der Waals surface area contributed by atoms with E-state index < -0.39 is 5.97 Å². The first-order valence-electron chi connectivity index (χ1n) is 6.99. The number of amides is 1. The molecule has 1 heterocycles. The molecule has 116 valence electrons. The summed E-state index contributed by atoms with van der Waals surface area (Å²) in [6.07, 6.45) is 0. The van der Waals surface area contributed by atoms with Gasteiger partial charge in [-0.15, -0.1) is 0 Å². The first kappa shape index (κ1) is 15.8. The Hall–Kier alpha value is -2.56. The summed E-state index contributed by atoms with van der Waals surface area (Å²) in [6.45, 7) is 6.28. The first-order valence-corrected chi connectivity index (χ1v) is 6.99. The number of carbonyl (C=O) groups excluding carboxylic acids is 1. The highest BCUT2D eigenvalue weighted by atomic mass is 16.4. The van der Waals surface area contributed by atoms with Gasteiger partial charge in [0.1, 0.15) is 5.76 Å². The van der Waals surface area contributed by atoms with Gasteiger partial charge in [0.05, 0.1) is 6.54 Å². The van der Waals surface area contributed by atoms with E-state index in [1.807, 2.05) is 39.0 Å². The summed E-state index contributed by atoms with van der Waals surface area (Å²) in [5, 5.41) is 11.6. The molecule has 0 spiro atoms. The zero-order chi connectivity index (χ0) is 16.3. The monoisotopic (exact) mass is 301 g/mol. The Bertz CT molecular complexity index is 695. The van der Waals surface area contributed by atoms with Crippen LogP contribution in [-0.2, 0) is 12.0 Å². The van der Waals surface area contributed by atoms with Crippen molar-refractivity contribution in [2.45, 2.75) is 32.7 Å². The SMILES string of the molecule is CC(C)(C)c1ccccc1C(=O)NCc1ccc(C(=O)O)o1. The van der Waals surface area contributed by atoms with Gasteiger partial charge in [0.25, 0.3) is 5.91 Å². The molecule has 0 saturated heterocycles. The largest absolute Gasteiger partial charge is 0.475 e. The van der Waals surface area contributed by atoms with Crippen LogP contribution in [0.3, 0.4) is 0 Å². The van der Waals surface area contributed by atoms with Gasteiger partial charge in [0.2, 0.25) is 5.76 Å². The van der Waals surface area contributed by atoms with Crippen LogP contribution in [0.5, 0.6) is 0 Å². The highest BCUT2D eigenvalue weighted by Gasteiger charge is 2.21. The van der Waals surface area contributed by atoms with Crippen molar-refractivity contribution in [2.24, 2.45) is 0 Å². The number of benzene rings is 1.